The van der Waals surface area contributed by atoms with Crippen LogP contribution in [0.5, 0.6) is 0 Å². The van der Waals surface area contributed by atoms with Crippen LogP contribution in [0.1, 0.15) is 30.7 Å². The minimum Gasteiger partial charge on any atom is -0.311 e. The molecule has 0 atom stereocenters. The predicted molar refractivity (Wildman–Crippen MR) is 116 cm³/mol. The van der Waals surface area contributed by atoms with Crippen molar-refractivity contribution < 1.29 is 8.42 Å². The van der Waals surface area contributed by atoms with Gasteiger partial charge in [0, 0.05) is 24.2 Å². The Morgan fingerprint density at radius 2 is 1.86 bits per heavy atom. The molecule has 0 spiro atoms. The van der Waals surface area contributed by atoms with Crippen molar-refractivity contribution in [1.82, 2.24) is 14.8 Å². The zero-order valence-electron chi connectivity index (χ0n) is 15.8. The summed E-state index contributed by atoms with van der Waals surface area (Å²) in [4.78, 5) is 0. The van der Waals surface area contributed by atoms with E-state index in [1.807, 2.05) is 30.3 Å². The fourth-order valence-corrected chi connectivity index (χ4v) is 4.44. The highest BCUT2D eigenvalue weighted by Crippen LogP contribution is 2.31. The van der Waals surface area contributed by atoms with E-state index in [4.69, 9.17) is 11.6 Å². The van der Waals surface area contributed by atoms with Gasteiger partial charge in [0.15, 0.2) is 5.82 Å². The first-order chi connectivity index (χ1) is 14.0. The number of hydrogen-bond acceptors (Lipinski definition) is 4. The molecule has 1 aliphatic heterocycles. The average molecular weight is 429 g/mol. The summed E-state index contributed by atoms with van der Waals surface area (Å²) in [5, 5.41) is 10.3. The molecule has 1 N–H and O–H groups in total. The van der Waals surface area contributed by atoms with E-state index < -0.39 is 10.0 Å². The van der Waals surface area contributed by atoms with Crippen LogP contribution in [-0.4, -0.2) is 23.2 Å². The quantitative estimate of drug-likeness (QED) is 0.636. The number of benzene rings is 2. The summed E-state index contributed by atoms with van der Waals surface area (Å²) in [6.07, 6.45) is 5.76. The van der Waals surface area contributed by atoms with Crippen LogP contribution in [0.4, 0.5) is 5.69 Å². The third-order valence-corrected chi connectivity index (χ3v) is 6.16. The Labute approximate surface area is 175 Å². The van der Waals surface area contributed by atoms with E-state index in [1.165, 1.54) is 0 Å². The molecule has 0 fully saturated rings. The summed E-state index contributed by atoms with van der Waals surface area (Å²) in [6.45, 7) is 0.837. The molecule has 1 aromatic heterocycles. The van der Waals surface area contributed by atoms with Gasteiger partial charge in [-0.25, -0.2) is 8.42 Å². The number of nitrogens with one attached hydrogen (secondary N) is 1. The number of hydrogen-bond donors (Lipinski definition) is 1. The summed E-state index contributed by atoms with van der Waals surface area (Å²) >= 11 is 6.41. The number of nitrogens with zero attached hydrogens (tertiary/aromatic N) is 3. The molecule has 0 amide bonds. The standard InChI is InChI=1S/C21H21ClN4O2S/c22-19-11-10-17(25-29(27,28)14-12-16-7-3-1-4-8-16)15-18(19)21-24-23-20-9-5-2-6-13-26(20)21/h1,3-4,7-8,10-12,14-15,25H,2,5-6,9,13H2. The lowest BCUT2D eigenvalue weighted by molar-refractivity contribution is 0.609. The predicted octanol–water partition coefficient (Wildman–Crippen LogP) is 4.74. The SMILES string of the molecule is O=S(=O)(C=Cc1ccccc1)Nc1ccc(Cl)c(-c2nnc3n2CCCCC3)c1. The van der Waals surface area contributed by atoms with Crippen LogP contribution in [0.3, 0.4) is 0 Å². The van der Waals surface area contributed by atoms with Gasteiger partial charge in [-0.3, -0.25) is 4.72 Å². The van der Waals surface area contributed by atoms with Crippen LogP contribution >= 0.6 is 11.6 Å². The van der Waals surface area contributed by atoms with Crippen LogP contribution in [0.15, 0.2) is 53.9 Å². The van der Waals surface area contributed by atoms with Gasteiger partial charge in [0.1, 0.15) is 5.82 Å². The summed E-state index contributed by atoms with van der Waals surface area (Å²) < 4.78 is 29.6. The Hall–Kier alpha value is -2.64. The highest BCUT2D eigenvalue weighted by molar-refractivity contribution is 7.95. The molecule has 8 heteroatoms. The average Bonchev–Trinajstić information content (AvgIpc) is 2.96. The number of anilines is 1. The Bertz CT molecular complexity index is 1140. The lowest BCUT2D eigenvalue weighted by atomic mass is 10.2. The summed E-state index contributed by atoms with van der Waals surface area (Å²) in [5.74, 6) is 1.62. The van der Waals surface area contributed by atoms with Gasteiger partial charge < -0.3 is 4.57 Å². The smallest absolute Gasteiger partial charge is 0.255 e. The maximum atomic E-state index is 12.5. The minimum atomic E-state index is -3.67. The number of aryl methyl sites for hydroxylation is 1. The first-order valence-electron chi connectivity index (χ1n) is 9.50. The monoisotopic (exact) mass is 428 g/mol. The molecule has 3 aromatic rings. The zero-order chi connectivity index (χ0) is 20.3. The van der Waals surface area contributed by atoms with E-state index >= 15 is 0 Å². The molecule has 1 aliphatic rings. The molecule has 0 aliphatic carbocycles. The zero-order valence-corrected chi connectivity index (χ0v) is 17.3. The van der Waals surface area contributed by atoms with Crippen molar-refractivity contribution in [1.29, 1.82) is 0 Å². The van der Waals surface area contributed by atoms with E-state index in [-0.39, 0.29) is 0 Å². The summed E-state index contributed by atoms with van der Waals surface area (Å²) in [6, 6.07) is 14.3. The van der Waals surface area contributed by atoms with Crippen LogP contribution in [0.25, 0.3) is 17.5 Å². The van der Waals surface area contributed by atoms with Crippen molar-refractivity contribution in [3.05, 3.63) is 70.3 Å². The van der Waals surface area contributed by atoms with Gasteiger partial charge in [-0.1, -0.05) is 48.4 Å². The number of fused-ring (bicyclic) bond motifs is 1. The number of sulfonamides is 1. The molecule has 0 bridgehead atoms. The van der Waals surface area contributed by atoms with Crippen molar-refractivity contribution in [2.75, 3.05) is 4.72 Å². The van der Waals surface area contributed by atoms with Gasteiger partial charge in [0.05, 0.1) is 10.4 Å². The summed E-state index contributed by atoms with van der Waals surface area (Å²) in [5.41, 5.74) is 1.90. The lowest BCUT2D eigenvalue weighted by Crippen LogP contribution is -2.09. The van der Waals surface area contributed by atoms with Gasteiger partial charge in [-0.15, -0.1) is 10.2 Å². The Balaban J connectivity index is 1.61. The van der Waals surface area contributed by atoms with Crippen LogP contribution in [0, 0.1) is 0 Å². The Morgan fingerprint density at radius 1 is 1.03 bits per heavy atom. The van der Waals surface area contributed by atoms with Crippen LogP contribution in [0.2, 0.25) is 5.02 Å². The second kappa shape index (κ2) is 8.39. The van der Waals surface area contributed by atoms with E-state index in [0.29, 0.717) is 22.1 Å². The largest absolute Gasteiger partial charge is 0.311 e. The van der Waals surface area contributed by atoms with E-state index in [9.17, 15) is 8.42 Å². The Kier molecular flexibility index (Phi) is 5.69. The van der Waals surface area contributed by atoms with Gasteiger partial charge in [-0.05, 0) is 42.7 Å². The molecule has 2 aromatic carbocycles. The van der Waals surface area contributed by atoms with E-state index in [0.717, 1.165) is 49.0 Å². The van der Waals surface area contributed by atoms with Gasteiger partial charge in [-0.2, -0.15) is 0 Å². The van der Waals surface area contributed by atoms with Gasteiger partial charge in [0.2, 0.25) is 0 Å². The molecule has 4 rings (SSSR count). The molecule has 0 unspecified atom stereocenters. The number of halogens is 1. The first kappa shape index (κ1) is 19.7. The van der Waals surface area contributed by atoms with E-state index in [2.05, 4.69) is 19.5 Å². The fourth-order valence-electron chi connectivity index (χ4n) is 3.37. The van der Waals surface area contributed by atoms with Crippen LogP contribution < -0.4 is 4.72 Å². The molecule has 0 radical (unpaired) electrons. The van der Waals surface area contributed by atoms with Crippen LogP contribution in [-0.2, 0) is 23.0 Å². The lowest BCUT2D eigenvalue weighted by Gasteiger charge is -2.11. The number of rotatable bonds is 5. The maximum absolute atomic E-state index is 12.5. The second-order valence-electron chi connectivity index (χ2n) is 6.96. The molecule has 6 nitrogen and oxygen atoms in total. The van der Waals surface area contributed by atoms with Gasteiger partial charge in [0.25, 0.3) is 10.0 Å². The topological polar surface area (TPSA) is 76.9 Å². The minimum absolute atomic E-state index is 0.424. The van der Waals surface area contributed by atoms with Crippen molar-refractivity contribution >= 4 is 33.4 Å². The normalized spacial score (nSPS) is 14.5. The third-order valence-electron chi connectivity index (χ3n) is 4.82. The van der Waals surface area contributed by atoms with Crippen molar-refractivity contribution in [2.45, 2.75) is 32.2 Å². The molecule has 0 saturated carbocycles. The van der Waals surface area contributed by atoms with Crippen molar-refractivity contribution in [2.24, 2.45) is 0 Å². The molecule has 29 heavy (non-hydrogen) atoms. The summed E-state index contributed by atoms with van der Waals surface area (Å²) in [7, 11) is -3.67. The fraction of sp³-hybridized carbons (Fsp3) is 0.238. The molecule has 2 heterocycles. The highest BCUT2D eigenvalue weighted by Gasteiger charge is 2.19. The van der Waals surface area contributed by atoms with Crippen molar-refractivity contribution in [3.63, 3.8) is 0 Å². The Morgan fingerprint density at radius 3 is 2.69 bits per heavy atom. The number of aromatic nitrogens is 3. The first-order valence-corrected chi connectivity index (χ1v) is 11.4. The third kappa shape index (κ3) is 4.68. The van der Waals surface area contributed by atoms with E-state index in [1.54, 1.807) is 24.3 Å². The second-order valence-corrected chi connectivity index (χ2v) is 8.93. The van der Waals surface area contributed by atoms with Gasteiger partial charge >= 0.3 is 0 Å². The van der Waals surface area contributed by atoms with Crippen molar-refractivity contribution in [3.8, 4) is 11.4 Å². The molecule has 0 saturated heterocycles. The maximum Gasteiger partial charge on any atom is 0.255 e. The molecule has 150 valence electrons. The molecular formula is C21H21ClN4O2S. The highest BCUT2D eigenvalue weighted by atomic mass is 35.5. The molecular weight excluding hydrogens is 408 g/mol.